The molecule has 1 atom stereocenters. The Morgan fingerprint density at radius 1 is 1.25 bits per heavy atom. The van der Waals surface area contributed by atoms with Crippen molar-refractivity contribution >= 4 is 27.5 Å². The molecule has 0 saturated carbocycles. The molecule has 0 aromatic heterocycles. The van der Waals surface area contributed by atoms with Crippen LogP contribution in [0.15, 0.2) is 0 Å². The molecular weight excluding hydrogens is 296 g/mol. The van der Waals surface area contributed by atoms with Crippen LogP contribution in [0.5, 0.6) is 0 Å². The normalized spacial score (nSPS) is 19.0. The van der Waals surface area contributed by atoms with Crippen LogP contribution in [0, 0.1) is 10.2 Å². The van der Waals surface area contributed by atoms with E-state index in [1.807, 2.05) is 0 Å². The van der Waals surface area contributed by atoms with Crippen LogP contribution in [-0.2, 0) is 4.29 Å². The zero-order valence-corrected chi connectivity index (χ0v) is 8.00. The molecule has 0 aliphatic rings. The molecule has 1 unspecified atom stereocenters. The van der Waals surface area contributed by atoms with Crippen molar-refractivity contribution in [3.8, 4) is 0 Å². The molecule has 0 aromatic carbocycles. The third kappa shape index (κ3) is 4.08. The van der Waals surface area contributed by atoms with E-state index in [-0.39, 0.29) is 0 Å². The van der Waals surface area contributed by atoms with Crippen molar-refractivity contribution in [2.45, 2.75) is 10.1 Å². The Hall–Kier alpha value is 0.690. The van der Waals surface area contributed by atoms with Crippen LogP contribution >= 0.6 is 27.5 Å². The van der Waals surface area contributed by atoms with E-state index in [9.17, 15) is 27.1 Å². The Balaban J connectivity index is 4.44. The molecule has 0 aliphatic carbocycles. The van der Waals surface area contributed by atoms with Crippen molar-refractivity contribution in [3.05, 3.63) is 0 Å². The highest BCUT2D eigenvalue weighted by molar-refractivity contribution is 9.10. The summed E-state index contributed by atoms with van der Waals surface area (Å²) in [5.74, 6) is 0. The van der Waals surface area contributed by atoms with Crippen molar-refractivity contribution < 1.29 is 41.7 Å². The SMILES string of the molecule is [O-][Cl+3]([O-])([O-])OC(F)(Cl)C(F)(F)Br. The van der Waals surface area contributed by atoms with Crippen molar-refractivity contribution in [1.29, 1.82) is 0 Å². The van der Waals surface area contributed by atoms with Gasteiger partial charge in [0.15, 0.2) is 0 Å². The van der Waals surface area contributed by atoms with Gasteiger partial charge in [-0.25, -0.2) is 0 Å². The summed E-state index contributed by atoms with van der Waals surface area (Å²) in [5, 5.41) is -4.44. The van der Waals surface area contributed by atoms with Crippen molar-refractivity contribution in [2.24, 2.45) is 0 Å². The molecule has 74 valence electrons. The summed E-state index contributed by atoms with van der Waals surface area (Å²) in [6.45, 7) is 0. The highest BCUT2D eigenvalue weighted by atomic mass is 79.9. The monoisotopic (exact) mass is 294 g/mol. The van der Waals surface area contributed by atoms with Gasteiger partial charge in [0.25, 0.3) is 0 Å². The third-order valence-electron chi connectivity index (χ3n) is 0.521. The Bertz CT molecular complexity index is 165. The first-order valence-electron chi connectivity index (χ1n) is 2.02. The second-order valence-corrected chi connectivity index (χ2v) is 3.86. The van der Waals surface area contributed by atoms with Gasteiger partial charge < -0.3 is 0 Å². The summed E-state index contributed by atoms with van der Waals surface area (Å²) in [6, 6.07) is 0. The van der Waals surface area contributed by atoms with Gasteiger partial charge in [-0.2, -0.15) is 27.1 Å². The highest BCUT2D eigenvalue weighted by Gasteiger charge is 2.65. The zero-order valence-electron chi connectivity index (χ0n) is 4.90. The van der Waals surface area contributed by atoms with Crippen LogP contribution in [0.1, 0.15) is 0 Å². The first-order valence-corrected chi connectivity index (χ1v) is 4.42. The molecule has 0 bridgehead atoms. The Morgan fingerprint density at radius 3 is 1.67 bits per heavy atom. The van der Waals surface area contributed by atoms with Crippen LogP contribution in [-0.4, -0.2) is 10.1 Å². The van der Waals surface area contributed by atoms with Gasteiger partial charge in [-0.1, -0.05) is 0 Å². The lowest BCUT2D eigenvalue weighted by atomic mass is 10.7. The standard InChI is InChI=1S/C2BrCl2F3O4/c3-1(6,7)2(4,8)12-5(9,10)11. The molecule has 0 rings (SSSR count). The molecule has 0 aromatic rings. The summed E-state index contributed by atoms with van der Waals surface area (Å²) in [7, 11) is -5.36. The molecule has 12 heavy (non-hydrogen) atoms. The fourth-order valence-corrected chi connectivity index (χ4v) is 0.885. The number of rotatable bonds is 3. The average Bonchev–Trinajstić information content (AvgIpc) is 1.52. The molecule has 0 fully saturated rings. The van der Waals surface area contributed by atoms with E-state index in [1.54, 1.807) is 0 Å². The third-order valence-corrected chi connectivity index (χ3v) is 2.05. The van der Waals surface area contributed by atoms with Crippen LogP contribution in [0.4, 0.5) is 13.2 Å². The summed E-state index contributed by atoms with van der Waals surface area (Å²) >= 11 is 5.60. The van der Waals surface area contributed by atoms with Crippen molar-refractivity contribution in [3.63, 3.8) is 0 Å². The van der Waals surface area contributed by atoms with Crippen molar-refractivity contribution in [1.82, 2.24) is 0 Å². The lowest BCUT2D eigenvalue weighted by Gasteiger charge is -2.21. The predicted octanol–water partition coefficient (Wildman–Crippen LogP) is -1.25. The zero-order chi connectivity index (χ0) is 10.2. The van der Waals surface area contributed by atoms with Crippen LogP contribution in [0.2, 0.25) is 0 Å². The van der Waals surface area contributed by atoms with Gasteiger partial charge in [0, 0.05) is 0 Å². The molecule has 0 N–H and O–H groups in total. The van der Waals surface area contributed by atoms with E-state index >= 15 is 0 Å². The Labute approximate surface area is 79.7 Å². The maximum absolute atomic E-state index is 12.3. The maximum Gasteiger partial charge on any atom is 0.507 e. The van der Waals surface area contributed by atoms with Crippen molar-refractivity contribution in [2.75, 3.05) is 0 Å². The minimum absolute atomic E-state index is 1.38. The van der Waals surface area contributed by atoms with Gasteiger partial charge in [0.2, 0.25) is 0 Å². The molecule has 0 aliphatic heterocycles. The molecular formula is C2BrCl2F3O4. The molecule has 0 amide bonds. The van der Waals surface area contributed by atoms with Gasteiger partial charge in [-0.15, -0.1) is 0 Å². The van der Waals surface area contributed by atoms with E-state index in [0.717, 1.165) is 0 Å². The maximum atomic E-state index is 12.3. The molecule has 0 spiro atoms. The smallest absolute Gasteiger partial charge is 0.185 e. The number of hydrogen-bond acceptors (Lipinski definition) is 4. The minimum atomic E-state index is -5.36. The average molecular weight is 296 g/mol. The highest BCUT2D eigenvalue weighted by Crippen LogP contribution is 2.43. The predicted molar refractivity (Wildman–Crippen MR) is 24.7 cm³/mol. The first-order chi connectivity index (χ1) is 4.96. The second-order valence-electron chi connectivity index (χ2n) is 1.47. The number of hydrogen-bond donors (Lipinski definition) is 0. The quantitative estimate of drug-likeness (QED) is 0.610. The van der Waals surface area contributed by atoms with Gasteiger partial charge in [-0.3, -0.25) is 0 Å². The molecule has 4 nitrogen and oxygen atoms in total. The topological polar surface area (TPSA) is 78.4 Å². The van der Waals surface area contributed by atoms with Gasteiger partial charge in [0.1, 0.15) is 4.29 Å². The van der Waals surface area contributed by atoms with Gasteiger partial charge in [-0.05, 0) is 27.5 Å². The van der Waals surface area contributed by atoms with Gasteiger partial charge >= 0.3 is 10.1 Å². The first kappa shape index (κ1) is 12.7. The van der Waals surface area contributed by atoms with Gasteiger partial charge in [0.05, 0.1) is 10.2 Å². The fraction of sp³-hybridized carbons (Fsp3) is 1.00. The number of alkyl halides is 5. The summed E-state index contributed by atoms with van der Waals surface area (Å²) in [6.07, 6.45) is 0. The summed E-state index contributed by atoms with van der Waals surface area (Å²) in [4.78, 5) is -4.49. The molecule has 10 heteroatoms. The van der Waals surface area contributed by atoms with E-state index in [0.29, 0.717) is 0 Å². The van der Waals surface area contributed by atoms with Crippen LogP contribution < -0.4 is 14.0 Å². The molecule has 0 saturated heterocycles. The van der Waals surface area contributed by atoms with Crippen LogP contribution in [0.25, 0.3) is 0 Å². The van der Waals surface area contributed by atoms with Crippen LogP contribution in [0.3, 0.4) is 0 Å². The van der Waals surface area contributed by atoms with E-state index < -0.39 is 20.4 Å². The molecule has 0 radical (unpaired) electrons. The van der Waals surface area contributed by atoms with E-state index in [1.165, 1.54) is 15.9 Å². The largest absolute Gasteiger partial charge is 0.507 e. The molecule has 0 heterocycles. The fourth-order valence-electron chi connectivity index (χ4n) is 0.162. The summed E-state index contributed by atoms with van der Waals surface area (Å²) in [5.41, 5.74) is 0. The Kier molecular flexibility index (Phi) is 3.64. The van der Waals surface area contributed by atoms with E-state index in [2.05, 4.69) is 15.9 Å². The Morgan fingerprint density at radius 2 is 1.58 bits per heavy atom. The lowest BCUT2D eigenvalue weighted by Crippen LogP contribution is -2.64. The van der Waals surface area contributed by atoms with E-state index in [4.69, 9.17) is 0 Å². The lowest BCUT2D eigenvalue weighted by molar-refractivity contribution is -1.92. The minimum Gasteiger partial charge on any atom is -0.185 e. The summed E-state index contributed by atoms with van der Waals surface area (Å²) < 4.78 is 67.6. The number of halogens is 6. The second kappa shape index (κ2) is 3.45.